The van der Waals surface area contributed by atoms with Crippen molar-refractivity contribution in [2.75, 3.05) is 17.1 Å². The molecule has 0 unspecified atom stereocenters. The fraction of sp³-hybridized carbons (Fsp3) is 0.0455. The van der Waals surface area contributed by atoms with E-state index in [9.17, 15) is 13.2 Å². The summed E-state index contributed by atoms with van der Waals surface area (Å²) >= 11 is 1.63. The Balaban J connectivity index is 1.51. The van der Waals surface area contributed by atoms with Crippen LogP contribution >= 0.6 is 11.3 Å². The summed E-state index contributed by atoms with van der Waals surface area (Å²) in [5, 5.41) is 5.90. The van der Waals surface area contributed by atoms with Gasteiger partial charge >= 0.3 is 0 Å². The standard InChI is InChI=1S/C22H18N2O4S2/c1-28-19-6-8-20(9-7-19)30(26,27)24-18-4-2-3-16(14-18)22(25)23-17-5-10-21-15(13-17)11-12-29-21/h2-14,24H,1H3,(H,23,25). The van der Waals surface area contributed by atoms with E-state index in [-0.39, 0.29) is 10.8 Å². The predicted molar refractivity (Wildman–Crippen MR) is 120 cm³/mol. The maximum atomic E-state index is 12.6. The molecule has 0 fully saturated rings. The first kappa shape index (κ1) is 19.9. The van der Waals surface area contributed by atoms with Gasteiger partial charge < -0.3 is 10.1 Å². The average molecular weight is 439 g/mol. The first-order chi connectivity index (χ1) is 14.4. The van der Waals surface area contributed by atoms with Gasteiger partial charge in [0.05, 0.1) is 12.0 Å². The number of sulfonamides is 1. The van der Waals surface area contributed by atoms with Crippen molar-refractivity contribution in [2.45, 2.75) is 4.90 Å². The van der Waals surface area contributed by atoms with Gasteiger partial charge in [-0.05, 0) is 77.5 Å². The molecule has 4 rings (SSSR count). The van der Waals surface area contributed by atoms with Crippen LogP contribution in [-0.2, 0) is 10.0 Å². The zero-order chi connectivity index (χ0) is 21.1. The van der Waals surface area contributed by atoms with E-state index in [2.05, 4.69) is 10.0 Å². The van der Waals surface area contributed by atoms with Crippen LogP contribution in [0.1, 0.15) is 10.4 Å². The summed E-state index contributed by atoms with van der Waals surface area (Å²) in [6.45, 7) is 0. The maximum Gasteiger partial charge on any atom is 0.261 e. The van der Waals surface area contributed by atoms with E-state index in [0.717, 1.165) is 10.1 Å². The van der Waals surface area contributed by atoms with Crippen molar-refractivity contribution < 1.29 is 17.9 Å². The van der Waals surface area contributed by atoms with Gasteiger partial charge in [-0.3, -0.25) is 9.52 Å². The van der Waals surface area contributed by atoms with Crippen molar-refractivity contribution in [3.05, 3.63) is 83.7 Å². The quantitative estimate of drug-likeness (QED) is 0.445. The molecule has 2 N–H and O–H groups in total. The molecule has 152 valence electrons. The molecule has 0 spiro atoms. The van der Waals surface area contributed by atoms with Gasteiger partial charge in [0.15, 0.2) is 0 Å². The molecule has 0 saturated carbocycles. The minimum atomic E-state index is -3.79. The third-order valence-electron chi connectivity index (χ3n) is 4.46. The highest BCUT2D eigenvalue weighted by molar-refractivity contribution is 7.92. The normalized spacial score (nSPS) is 11.2. The van der Waals surface area contributed by atoms with Crippen molar-refractivity contribution in [2.24, 2.45) is 0 Å². The summed E-state index contributed by atoms with van der Waals surface area (Å²) in [5.41, 5.74) is 1.32. The van der Waals surface area contributed by atoms with Gasteiger partial charge in [0.25, 0.3) is 15.9 Å². The number of nitrogens with one attached hydrogen (secondary N) is 2. The highest BCUT2D eigenvalue weighted by atomic mass is 32.2. The predicted octanol–water partition coefficient (Wildman–Crippen LogP) is 4.96. The van der Waals surface area contributed by atoms with Crippen LogP contribution < -0.4 is 14.8 Å². The molecule has 8 heteroatoms. The average Bonchev–Trinajstić information content (AvgIpc) is 3.21. The highest BCUT2D eigenvalue weighted by Gasteiger charge is 2.15. The monoisotopic (exact) mass is 438 g/mol. The summed E-state index contributed by atoms with van der Waals surface area (Å²) in [6.07, 6.45) is 0. The van der Waals surface area contributed by atoms with Crippen LogP contribution in [0.15, 0.2) is 83.1 Å². The third kappa shape index (κ3) is 4.29. The van der Waals surface area contributed by atoms with E-state index in [1.54, 1.807) is 41.7 Å². The number of ether oxygens (including phenoxy) is 1. The Morgan fingerprint density at radius 1 is 0.933 bits per heavy atom. The number of amides is 1. The molecule has 1 aromatic heterocycles. The maximum absolute atomic E-state index is 12.6. The molecule has 0 bridgehead atoms. The molecule has 1 heterocycles. The van der Waals surface area contributed by atoms with Crippen molar-refractivity contribution in [3.63, 3.8) is 0 Å². The van der Waals surface area contributed by atoms with Crippen molar-refractivity contribution >= 4 is 48.7 Å². The SMILES string of the molecule is COc1ccc(S(=O)(=O)Nc2cccc(C(=O)Nc3ccc4sccc4c3)c2)cc1. The van der Waals surface area contributed by atoms with Crippen LogP contribution in [0.25, 0.3) is 10.1 Å². The molecule has 6 nitrogen and oxygen atoms in total. The Labute approximate surface area is 178 Å². The highest BCUT2D eigenvalue weighted by Crippen LogP contribution is 2.25. The number of thiophene rings is 1. The van der Waals surface area contributed by atoms with Gasteiger partial charge in [-0.2, -0.15) is 0 Å². The van der Waals surface area contributed by atoms with Crippen molar-refractivity contribution in [1.29, 1.82) is 0 Å². The van der Waals surface area contributed by atoms with Crippen LogP contribution in [0.3, 0.4) is 0 Å². The lowest BCUT2D eigenvalue weighted by atomic mass is 10.2. The molecule has 3 aromatic carbocycles. The van der Waals surface area contributed by atoms with E-state index in [0.29, 0.717) is 22.7 Å². The smallest absolute Gasteiger partial charge is 0.261 e. The van der Waals surface area contributed by atoms with E-state index in [1.165, 1.54) is 25.3 Å². The molecule has 0 radical (unpaired) electrons. The number of hydrogen-bond acceptors (Lipinski definition) is 5. The molecule has 0 aliphatic heterocycles. The number of rotatable bonds is 6. The van der Waals surface area contributed by atoms with Gasteiger partial charge in [-0.25, -0.2) is 8.42 Å². The fourth-order valence-corrected chi connectivity index (χ4v) is 4.76. The first-order valence-electron chi connectivity index (χ1n) is 9.00. The number of carbonyl (C=O) groups excluding carboxylic acids is 1. The number of carbonyl (C=O) groups is 1. The molecule has 1 amide bonds. The molecule has 0 atom stereocenters. The van der Waals surface area contributed by atoms with Crippen LogP contribution in [0.2, 0.25) is 0 Å². The largest absolute Gasteiger partial charge is 0.497 e. The molecular weight excluding hydrogens is 420 g/mol. The van der Waals surface area contributed by atoms with Gasteiger partial charge in [0.1, 0.15) is 5.75 Å². The summed E-state index contributed by atoms with van der Waals surface area (Å²) in [6, 6.07) is 20.1. The number of anilines is 2. The van der Waals surface area contributed by atoms with E-state index in [1.807, 2.05) is 29.6 Å². The van der Waals surface area contributed by atoms with Crippen LogP contribution in [0, 0.1) is 0 Å². The molecule has 4 aromatic rings. The lowest BCUT2D eigenvalue weighted by molar-refractivity contribution is 0.102. The van der Waals surface area contributed by atoms with Crippen LogP contribution in [0.4, 0.5) is 11.4 Å². The fourth-order valence-electron chi connectivity index (χ4n) is 2.94. The summed E-state index contributed by atoms with van der Waals surface area (Å²) in [5.74, 6) is 0.239. The lowest BCUT2D eigenvalue weighted by Gasteiger charge is -2.10. The van der Waals surface area contributed by atoms with Crippen molar-refractivity contribution in [1.82, 2.24) is 0 Å². The molecule has 0 saturated heterocycles. The summed E-state index contributed by atoms with van der Waals surface area (Å²) in [4.78, 5) is 12.7. The van der Waals surface area contributed by atoms with E-state index < -0.39 is 10.0 Å². The Morgan fingerprint density at radius 2 is 1.73 bits per heavy atom. The molecular formula is C22H18N2O4S2. The third-order valence-corrected chi connectivity index (χ3v) is 6.75. The minimum Gasteiger partial charge on any atom is -0.497 e. The number of benzene rings is 3. The first-order valence-corrected chi connectivity index (χ1v) is 11.4. The van der Waals surface area contributed by atoms with Crippen molar-refractivity contribution in [3.8, 4) is 5.75 Å². The second kappa shape index (κ2) is 8.17. The Morgan fingerprint density at radius 3 is 2.50 bits per heavy atom. The molecule has 0 aliphatic rings. The molecule has 0 aliphatic carbocycles. The second-order valence-electron chi connectivity index (χ2n) is 6.49. The Bertz CT molecular complexity index is 1310. The topological polar surface area (TPSA) is 84.5 Å². The van der Waals surface area contributed by atoms with Gasteiger partial charge in [0.2, 0.25) is 0 Å². The van der Waals surface area contributed by atoms with Gasteiger partial charge in [-0.1, -0.05) is 6.07 Å². The number of hydrogen-bond donors (Lipinski definition) is 2. The van der Waals surface area contributed by atoms with E-state index >= 15 is 0 Å². The minimum absolute atomic E-state index is 0.0993. The van der Waals surface area contributed by atoms with Gasteiger partial charge in [-0.15, -0.1) is 11.3 Å². The lowest BCUT2D eigenvalue weighted by Crippen LogP contribution is -2.15. The summed E-state index contributed by atoms with van der Waals surface area (Å²) in [7, 11) is -2.28. The summed E-state index contributed by atoms with van der Waals surface area (Å²) < 4.78 is 33.9. The van der Waals surface area contributed by atoms with Crippen LogP contribution in [-0.4, -0.2) is 21.4 Å². The Hall–Kier alpha value is -3.36. The van der Waals surface area contributed by atoms with Crippen LogP contribution in [0.5, 0.6) is 5.75 Å². The zero-order valence-electron chi connectivity index (χ0n) is 16.0. The second-order valence-corrected chi connectivity index (χ2v) is 9.12. The van der Waals surface area contributed by atoms with E-state index in [4.69, 9.17) is 4.74 Å². The number of methoxy groups -OCH3 is 1. The zero-order valence-corrected chi connectivity index (χ0v) is 17.6. The van der Waals surface area contributed by atoms with Gasteiger partial charge in [0, 0.05) is 21.6 Å². The Kier molecular flexibility index (Phi) is 5.43. The number of fused-ring (bicyclic) bond motifs is 1. The molecule has 30 heavy (non-hydrogen) atoms.